The van der Waals surface area contributed by atoms with Crippen LogP contribution < -0.4 is 5.32 Å². The Labute approximate surface area is 111 Å². The van der Waals surface area contributed by atoms with Gasteiger partial charge < -0.3 is 10.1 Å². The van der Waals surface area contributed by atoms with Gasteiger partial charge in [0, 0.05) is 18.7 Å². The number of nitrogens with zero attached hydrogens (tertiary/aromatic N) is 1. The third-order valence-corrected chi connectivity index (χ3v) is 2.71. The molecule has 1 N–H and O–H groups in total. The van der Waals surface area contributed by atoms with Gasteiger partial charge in [-0.25, -0.2) is 0 Å². The average Bonchev–Trinajstić information content (AvgIpc) is 2.64. The average molecular weight is 264 g/mol. The van der Waals surface area contributed by atoms with E-state index in [1.165, 1.54) is 12.1 Å². The highest BCUT2D eigenvalue weighted by Crippen LogP contribution is 2.09. The smallest absolute Gasteiger partial charge is 0.269 e. The second-order valence-electron chi connectivity index (χ2n) is 4.12. The molecule has 0 radical (unpaired) electrons. The van der Waals surface area contributed by atoms with Crippen molar-refractivity contribution in [2.45, 2.75) is 19.3 Å². The fourth-order valence-electron chi connectivity index (χ4n) is 1.64. The Bertz CT molecular complexity index is 434. The molecule has 0 aliphatic carbocycles. The van der Waals surface area contributed by atoms with Crippen molar-refractivity contribution < 1.29 is 14.5 Å². The number of para-hydroxylation sites is 1. The van der Waals surface area contributed by atoms with Crippen LogP contribution in [-0.4, -0.2) is 23.7 Å². The SMILES string of the molecule is O=CC1CCCCNC1=O.O=[N+]([O-])c1ccccc1. The van der Waals surface area contributed by atoms with Crippen LogP contribution in [0.2, 0.25) is 0 Å². The van der Waals surface area contributed by atoms with Crippen molar-refractivity contribution in [3.63, 3.8) is 0 Å². The highest BCUT2D eigenvalue weighted by Gasteiger charge is 2.18. The molecule has 1 heterocycles. The molecule has 1 fully saturated rings. The Morgan fingerprint density at radius 3 is 2.47 bits per heavy atom. The van der Waals surface area contributed by atoms with Crippen LogP contribution in [0, 0.1) is 16.0 Å². The van der Waals surface area contributed by atoms with Gasteiger partial charge in [-0.05, 0) is 12.8 Å². The molecule has 1 amide bonds. The molecular formula is C13H16N2O4. The van der Waals surface area contributed by atoms with Gasteiger partial charge >= 0.3 is 0 Å². The monoisotopic (exact) mass is 264 g/mol. The van der Waals surface area contributed by atoms with Gasteiger partial charge in [-0.3, -0.25) is 14.9 Å². The summed E-state index contributed by atoms with van der Waals surface area (Å²) in [5.74, 6) is -0.491. The van der Waals surface area contributed by atoms with Gasteiger partial charge in [0.05, 0.1) is 10.8 Å². The van der Waals surface area contributed by atoms with Crippen molar-refractivity contribution in [1.29, 1.82) is 0 Å². The Balaban J connectivity index is 0.000000191. The molecule has 1 aliphatic heterocycles. The van der Waals surface area contributed by atoms with E-state index in [0.717, 1.165) is 32.1 Å². The molecule has 19 heavy (non-hydrogen) atoms. The Kier molecular flexibility index (Phi) is 6.21. The van der Waals surface area contributed by atoms with Crippen molar-refractivity contribution in [3.8, 4) is 0 Å². The van der Waals surface area contributed by atoms with Crippen molar-refractivity contribution in [3.05, 3.63) is 40.4 Å². The fourth-order valence-corrected chi connectivity index (χ4v) is 1.64. The lowest BCUT2D eigenvalue weighted by atomic mass is 10.1. The summed E-state index contributed by atoms with van der Waals surface area (Å²) in [4.78, 5) is 30.8. The summed E-state index contributed by atoms with van der Waals surface area (Å²) in [6.45, 7) is 0.725. The Morgan fingerprint density at radius 2 is 1.95 bits per heavy atom. The molecule has 0 bridgehead atoms. The minimum atomic E-state index is -0.417. The van der Waals surface area contributed by atoms with Crippen molar-refractivity contribution in [2.24, 2.45) is 5.92 Å². The first kappa shape index (κ1) is 14.8. The molecule has 1 atom stereocenters. The third kappa shape index (κ3) is 5.29. The zero-order chi connectivity index (χ0) is 14.1. The van der Waals surface area contributed by atoms with Crippen LogP contribution in [-0.2, 0) is 9.59 Å². The van der Waals surface area contributed by atoms with E-state index in [1.807, 2.05) is 0 Å². The maximum atomic E-state index is 10.9. The van der Waals surface area contributed by atoms with E-state index in [9.17, 15) is 19.7 Å². The number of carbonyl (C=O) groups is 2. The maximum absolute atomic E-state index is 10.9. The number of nitrogens with one attached hydrogen (secondary N) is 1. The van der Waals surface area contributed by atoms with Crippen molar-refractivity contribution in [2.75, 3.05) is 6.54 Å². The molecule has 1 aliphatic rings. The summed E-state index contributed by atoms with van der Waals surface area (Å²) in [6.07, 6.45) is 3.42. The molecule has 2 rings (SSSR count). The number of nitro groups is 1. The zero-order valence-corrected chi connectivity index (χ0v) is 10.5. The fraction of sp³-hybridized carbons (Fsp3) is 0.385. The summed E-state index contributed by atoms with van der Waals surface area (Å²) in [5, 5.41) is 12.7. The van der Waals surface area contributed by atoms with Crippen LogP contribution in [0.4, 0.5) is 5.69 Å². The molecule has 6 nitrogen and oxygen atoms in total. The third-order valence-electron chi connectivity index (χ3n) is 2.71. The number of non-ortho nitro benzene ring substituents is 1. The lowest BCUT2D eigenvalue weighted by molar-refractivity contribution is -0.384. The molecule has 102 valence electrons. The second-order valence-corrected chi connectivity index (χ2v) is 4.12. The Hall–Kier alpha value is -2.24. The molecule has 6 heteroatoms. The summed E-state index contributed by atoms with van der Waals surface area (Å²) >= 11 is 0. The van der Waals surface area contributed by atoms with E-state index < -0.39 is 4.92 Å². The van der Waals surface area contributed by atoms with Gasteiger partial charge in [0.2, 0.25) is 5.91 Å². The minimum Gasteiger partial charge on any atom is -0.355 e. The number of amides is 1. The highest BCUT2D eigenvalue weighted by molar-refractivity contribution is 5.91. The van der Waals surface area contributed by atoms with Gasteiger partial charge in [-0.15, -0.1) is 0 Å². The molecule has 0 spiro atoms. The molecule has 0 aromatic heterocycles. The summed E-state index contributed by atoms with van der Waals surface area (Å²) in [7, 11) is 0. The quantitative estimate of drug-likeness (QED) is 0.381. The number of hydrogen-bond acceptors (Lipinski definition) is 4. The van der Waals surface area contributed by atoms with Gasteiger partial charge in [0.25, 0.3) is 5.69 Å². The van der Waals surface area contributed by atoms with Crippen LogP contribution in [0.15, 0.2) is 30.3 Å². The normalized spacial score (nSPS) is 18.3. The van der Waals surface area contributed by atoms with Crippen LogP contribution >= 0.6 is 0 Å². The number of aldehydes is 1. The largest absolute Gasteiger partial charge is 0.355 e. The van der Waals surface area contributed by atoms with E-state index in [1.54, 1.807) is 18.2 Å². The lowest BCUT2D eigenvalue weighted by Crippen LogP contribution is -2.29. The predicted molar refractivity (Wildman–Crippen MR) is 69.5 cm³/mol. The van der Waals surface area contributed by atoms with E-state index in [-0.39, 0.29) is 17.5 Å². The van der Waals surface area contributed by atoms with Gasteiger partial charge in [-0.2, -0.15) is 0 Å². The maximum Gasteiger partial charge on any atom is 0.269 e. The van der Waals surface area contributed by atoms with Crippen LogP contribution in [0.3, 0.4) is 0 Å². The van der Waals surface area contributed by atoms with Crippen LogP contribution in [0.5, 0.6) is 0 Å². The number of benzene rings is 1. The number of carbonyl (C=O) groups excluding carboxylic acids is 2. The standard InChI is InChI=1S/C7H11NO2.C6H5NO2/c9-5-6-3-1-2-4-8-7(6)10;8-7(9)6-4-2-1-3-5-6/h5-6H,1-4H2,(H,8,10);1-5H. The van der Waals surface area contributed by atoms with E-state index in [4.69, 9.17) is 0 Å². The number of rotatable bonds is 2. The Morgan fingerprint density at radius 1 is 1.26 bits per heavy atom. The molecule has 1 aromatic rings. The highest BCUT2D eigenvalue weighted by atomic mass is 16.6. The van der Waals surface area contributed by atoms with E-state index in [2.05, 4.69) is 5.32 Å². The molecule has 1 unspecified atom stereocenters. The zero-order valence-electron chi connectivity index (χ0n) is 10.5. The molecule has 1 saturated heterocycles. The van der Waals surface area contributed by atoms with E-state index >= 15 is 0 Å². The molecule has 1 aromatic carbocycles. The predicted octanol–water partition coefficient (Wildman–Crippen LogP) is 1.70. The number of nitro benzene ring substituents is 1. The first-order chi connectivity index (χ1) is 9.15. The van der Waals surface area contributed by atoms with Gasteiger partial charge in [-0.1, -0.05) is 24.6 Å². The minimum absolute atomic E-state index is 0.104. The molecule has 0 saturated carbocycles. The van der Waals surface area contributed by atoms with Crippen molar-refractivity contribution >= 4 is 17.9 Å². The summed E-state index contributed by atoms with van der Waals surface area (Å²) < 4.78 is 0. The first-order valence-corrected chi connectivity index (χ1v) is 6.07. The second kappa shape index (κ2) is 7.97. The van der Waals surface area contributed by atoms with Crippen LogP contribution in [0.25, 0.3) is 0 Å². The van der Waals surface area contributed by atoms with Gasteiger partial charge in [0.15, 0.2) is 0 Å². The van der Waals surface area contributed by atoms with Gasteiger partial charge in [0.1, 0.15) is 6.29 Å². The lowest BCUT2D eigenvalue weighted by Gasteiger charge is -2.02. The van der Waals surface area contributed by atoms with Crippen molar-refractivity contribution in [1.82, 2.24) is 5.32 Å². The summed E-state index contributed by atoms with van der Waals surface area (Å²) in [6, 6.07) is 7.93. The topological polar surface area (TPSA) is 89.3 Å². The van der Waals surface area contributed by atoms with E-state index in [0.29, 0.717) is 0 Å². The first-order valence-electron chi connectivity index (χ1n) is 6.07. The van der Waals surface area contributed by atoms with Crippen LogP contribution in [0.1, 0.15) is 19.3 Å². The molecular weight excluding hydrogens is 248 g/mol. The number of hydrogen-bond donors (Lipinski definition) is 1. The summed E-state index contributed by atoms with van der Waals surface area (Å²) in [5.41, 5.74) is 0.137.